The van der Waals surface area contributed by atoms with Gasteiger partial charge in [-0.15, -0.1) is 0 Å². The summed E-state index contributed by atoms with van der Waals surface area (Å²) >= 11 is 7.53. The Morgan fingerprint density at radius 1 is 1.22 bits per heavy atom. The Morgan fingerprint density at radius 2 is 1.96 bits per heavy atom. The predicted octanol–water partition coefficient (Wildman–Crippen LogP) is 4.12. The lowest BCUT2D eigenvalue weighted by Crippen LogP contribution is -2.27. The van der Waals surface area contributed by atoms with Crippen LogP contribution in [0.3, 0.4) is 0 Å². The molecule has 0 atom stereocenters. The summed E-state index contributed by atoms with van der Waals surface area (Å²) in [4.78, 5) is 7.58. The zero-order valence-electron chi connectivity index (χ0n) is 13.1. The summed E-state index contributed by atoms with van der Waals surface area (Å²) in [6.45, 7) is 0. The first-order valence-electron chi connectivity index (χ1n) is 7.00. The maximum absolute atomic E-state index is 6.08. The molecule has 0 bridgehead atoms. The van der Waals surface area contributed by atoms with Gasteiger partial charge in [-0.3, -0.25) is 4.72 Å². The molecular formula is C16H17ClN4OS. The highest BCUT2D eigenvalue weighted by atomic mass is 35.5. The number of ether oxygens (including phenoxy) is 1. The third-order valence-corrected chi connectivity index (χ3v) is 4.40. The Balaban J connectivity index is 1.85. The first-order chi connectivity index (χ1) is 11.1. The van der Waals surface area contributed by atoms with E-state index in [0.29, 0.717) is 16.7 Å². The van der Waals surface area contributed by atoms with Crippen molar-refractivity contribution in [2.45, 2.75) is 4.90 Å². The first-order valence-corrected chi connectivity index (χ1v) is 8.20. The van der Waals surface area contributed by atoms with Crippen LogP contribution in [0.4, 0.5) is 17.1 Å². The number of benzene rings is 2. The lowest BCUT2D eigenvalue weighted by atomic mass is 10.2. The quantitative estimate of drug-likeness (QED) is 0.817. The topological polar surface area (TPSA) is 48.9 Å². The van der Waals surface area contributed by atoms with Gasteiger partial charge in [-0.05, 0) is 42.3 Å². The third-order valence-electron chi connectivity index (χ3n) is 3.35. The second kappa shape index (κ2) is 6.60. The summed E-state index contributed by atoms with van der Waals surface area (Å²) in [6.07, 6.45) is 0. The average Bonchev–Trinajstić information content (AvgIpc) is 2.55. The van der Waals surface area contributed by atoms with Crippen LogP contribution in [0.2, 0.25) is 5.02 Å². The van der Waals surface area contributed by atoms with E-state index < -0.39 is 0 Å². The van der Waals surface area contributed by atoms with Gasteiger partial charge in [0.15, 0.2) is 0 Å². The Bertz CT molecular complexity index is 746. The molecule has 2 N–H and O–H groups in total. The van der Waals surface area contributed by atoms with Crippen molar-refractivity contribution in [1.29, 1.82) is 0 Å². The number of anilines is 2. The van der Waals surface area contributed by atoms with Gasteiger partial charge in [-0.2, -0.15) is 0 Å². The number of halogens is 1. The molecule has 23 heavy (non-hydrogen) atoms. The van der Waals surface area contributed by atoms with Crippen molar-refractivity contribution in [3.05, 3.63) is 41.4 Å². The molecule has 1 aliphatic heterocycles. The minimum Gasteiger partial charge on any atom is -0.494 e. The molecule has 120 valence electrons. The Labute approximate surface area is 144 Å². The number of rotatable bonds is 3. The number of hydrogen-bond acceptors (Lipinski definition) is 6. The lowest BCUT2D eigenvalue weighted by Gasteiger charge is -2.20. The van der Waals surface area contributed by atoms with E-state index in [1.807, 2.05) is 44.4 Å². The number of aliphatic imine (C=N–C) groups is 1. The fraction of sp³-hybridized carbons (Fsp3) is 0.188. The molecule has 0 saturated heterocycles. The molecule has 0 unspecified atom stereocenters. The minimum atomic E-state index is 0.626. The molecule has 1 heterocycles. The van der Waals surface area contributed by atoms with E-state index in [0.717, 1.165) is 22.0 Å². The van der Waals surface area contributed by atoms with E-state index in [-0.39, 0.29) is 0 Å². The van der Waals surface area contributed by atoms with Gasteiger partial charge in [-0.25, -0.2) is 4.99 Å². The van der Waals surface area contributed by atoms with Gasteiger partial charge in [-0.1, -0.05) is 11.6 Å². The van der Waals surface area contributed by atoms with E-state index in [1.54, 1.807) is 13.2 Å². The van der Waals surface area contributed by atoms with Crippen LogP contribution in [0, 0.1) is 0 Å². The Kier molecular flexibility index (Phi) is 4.54. The van der Waals surface area contributed by atoms with Crippen LogP contribution in [0.5, 0.6) is 5.75 Å². The fourth-order valence-electron chi connectivity index (χ4n) is 2.16. The second-order valence-corrected chi connectivity index (χ2v) is 6.47. The molecule has 0 radical (unpaired) electrons. The van der Waals surface area contributed by atoms with Crippen LogP contribution >= 0.6 is 23.5 Å². The van der Waals surface area contributed by atoms with Gasteiger partial charge < -0.3 is 15.0 Å². The van der Waals surface area contributed by atoms with E-state index >= 15 is 0 Å². The van der Waals surface area contributed by atoms with Crippen molar-refractivity contribution in [3.8, 4) is 5.75 Å². The molecule has 3 rings (SSSR count). The van der Waals surface area contributed by atoms with E-state index in [9.17, 15) is 0 Å². The van der Waals surface area contributed by atoms with Crippen molar-refractivity contribution in [3.63, 3.8) is 0 Å². The minimum absolute atomic E-state index is 0.626. The molecule has 0 aliphatic carbocycles. The zero-order chi connectivity index (χ0) is 16.4. The van der Waals surface area contributed by atoms with Gasteiger partial charge in [0.2, 0.25) is 5.96 Å². The van der Waals surface area contributed by atoms with Gasteiger partial charge in [0.05, 0.1) is 12.0 Å². The number of nitrogens with one attached hydrogen (secondary N) is 2. The molecule has 1 aliphatic rings. The van der Waals surface area contributed by atoms with Crippen molar-refractivity contribution in [2.24, 2.45) is 4.99 Å². The van der Waals surface area contributed by atoms with Crippen LogP contribution in [0.15, 0.2) is 46.3 Å². The molecule has 0 saturated carbocycles. The first kappa shape index (κ1) is 15.8. The van der Waals surface area contributed by atoms with E-state index in [2.05, 4.69) is 19.9 Å². The molecule has 2 aromatic rings. The van der Waals surface area contributed by atoms with Crippen LogP contribution < -0.4 is 19.7 Å². The van der Waals surface area contributed by atoms with E-state index in [1.165, 1.54) is 11.9 Å². The fourth-order valence-corrected chi connectivity index (χ4v) is 3.17. The van der Waals surface area contributed by atoms with Crippen molar-refractivity contribution in [1.82, 2.24) is 4.72 Å². The molecular weight excluding hydrogens is 332 g/mol. The standard InChI is InChI=1S/C16H17ClN4OS/c1-21(2)12-6-4-11(5-7-12)18-16-19-15-13(22-3)8-10(17)9-14(15)23-20-16/h4-9H,1-3H3,(H2,18,19,20). The highest BCUT2D eigenvalue weighted by Gasteiger charge is 2.18. The zero-order valence-corrected chi connectivity index (χ0v) is 14.6. The molecule has 0 aromatic heterocycles. The average molecular weight is 349 g/mol. The maximum Gasteiger partial charge on any atom is 0.211 e. The molecule has 0 spiro atoms. The summed E-state index contributed by atoms with van der Waals surface area (Å²) in [7, 11) is 5.64. The number of methoxy groups -OCH3 is 1. The summed E-state index contributed by atoms with van der Waals surface area (Å²) in [5.74, 6) is 1.31. The number of hydrogen-bond donors (Lipinski definition) is 2. The number of fused-ring (bicyclic) bond motifs is 1. The highest BCUT2D eigenvalue weighted by Crippen LogP contribution is 2.41. The number of guanidine groups is 1. The van der Waals surface area contributed by atoms with Gasteiger partial charge in [0.25, 0.3) is 0 Å². The van der Waals surface area contributed by atoms with Crippen LogP contribution in [-0.2, 0) is 0 Å². The summed E-state index contributed by atoms with van der Waals surface area (Å²) in [5.41, 5.74) is 2.87. The van der Waals surface area contributed by atoms with Crippen molar-refractivity contribution in [2.75, 3.05) is 31.4 Å². The smallest absolute Gasteiger partial charge is 0.211 e. The highest BCUT2D eigenvalue weighted by molar-refractivity contribution is 7.98. The van der Waals surface area contributed by atoms with Crippen molar-refractivity contribution >= 4 is 46.6 Å². The summed E-state index contributed by atoms with van der Waals surface area (Å²) < 4.78 is 8.54. The van der Waals surface area contributed by atoms with E-state index in [4.69, 9.17) is 16.3 Å². The number of nitrogens with zero attached hydrogens (tertiary/aromatic N) is 2. The van der Waals surface area contributed by atoms with Crippen molar-refractivity contribution < 1.29 is 4.74 Å². The van der Waals surface area contributed by atoms with Crippen LogP contribution in [-0.4, -0.2) is 27.2 Å². The lowest BCUT2D eigenvalue weighted by molar-refractivity contribution is 0.415. The maximum atomic E-state index is 6.08. The largest absolute Gasteiger partial charge is 0.494 e. The molecule has 2 aromatic carbocycles. The molecule has 5 nitrogen and oxygen atoms in total. The van der Waals surface area contributed by atoms with Crippen LogP contribution in [0.1, 0.15) is 0 Å². The Morgan fingerprint density at radius 3 is 2.61 bits per heavy atom. The van der Waals surface area contributed by atoms with Gasteiger partial charge >= 0.3 is 0 Å². The molecule has 7 heteroatoms. The SMILES string of the molecule is COc1cc(Cl)cc2c1N=C(Nc1ccc(N(C)C)cc1)NS2. The van der Waals surface area contributed by atoms with Gasteiger partial charge in [0, 0.05) is 36.6 Å². The third kappa shape index (κ3) is 3.48. The molecule has 0 fully saturated rings. The monoisotopic (exact) mass is 348 g/mol. The Hall–Kier alpha value is -2.05. The normalized spacial score (nSPS) is 12.8. The van der Waals surface area contributed by atoms with Gasteiger partial charge in [0.1, 0.15) is 11.4 Å². The summed E-state index contributed by atoms with van der Waals surface area (Å²) in [5, 5.41) is 3.89. The van der Waals surface area contributed by atoms with Crippen LogP contribution in [0.25, 0.3) is 0 Å². The summed E-state index contributed by atoms with van der Waals surface area (Å²) in [6, 6.07) is 11.8. The predicted molar refractivity (Wildman–Crippen MR) is 98.5 cm³/mol. The second-order valence-electron chi connectivity index (χ2n) is 5.19. The molecule has 0 amide bonds.